The Morgan fingerprint density at radius 2 is 1.65 bits per heavy atom. The van der Waals surface area contributed by atoms with Crippen LogP contribution in [0.3, 0.4) is 0 Å². The third-order valence-corrected chi connectivity index (χ3v) is 2.45. The summed E-state index contributed by atoms with van der Waals surface area (Å²) in [4.78, 5) is 0. The second-order valence-electron chi connectivity index (χ2n) is 3.85. The molecule has 3 heteroatoms. The van der Waals surface area contributed by atoms with Crippen molar-refractivity contribution in [2.45, 2.75) is 45.4 Å². The average Bonchev–Trinajstić information content (AvgIpc) is 2.41. The molecule has 1 rings (SSSR count). The first-order valence-corrected chi connectivity index (χ1v) is 13.2. The van der Waals surface area contributed by atoms with Gasteiger partial charge in [0.2, 0.25) is 0 Å². The number of rotatable bonds is 8. The van der Waals surface area contributed by atoms with Gasteiger partial charge in [-0.3, -0.25) is 0 Å². The molecule has 0 heterocycles. The van der Waals surface area contributed by atoms with Crippen molar-refractivity contribution >= 4 is 13.6 Å². The van der Waals surface area contributed by atoms with Gasteiger partial charge in [0.1, 0.15) is 0 Å². The summed E-state index contributed by atoms with van der Waals surface area (Å²) in [7, 11) is 0. The van der Waals surface area contributed by atoms with Crippen LogP contribution in [0.15, 0.2) is 24.3 Å². The van der Waals surface area contributed by atoms with Gasteiger partial charge in [0.05, 0.1) is 6.61 Å². The van der Waals surface area contributed by atoms with E-state index in [0.29, 0.717) is 0 Å². The van der Waals surface area contributed by atoms with Gasteiger partial charge >= 0.3 is 30.0 Å². The number of hydrogen-bond acceptors (Lipinski definition) is 1. The van der Waals surface area contributed by atoms with Gasteiger partial charge in [-0.1, -0.05) is 39.0 Å². The van der Waals surface area contributed by atoms with Gasteiger partial charge in [-0.15, -0.1) is 12.1 Å². The van der Waals surface area contributed by atoms with Crippen molar-refractivity contribution in [3.63, 3.8) is 0 Å². The van der Waals surface area contributed by atoms with Crippen LogP contribution in [0.4, 0.5) is 0 Å². The minimum absolute atomic E-state index is 0.843. The first kappa shape index (κ1) is 17.1. The molecule has 0 aliphatic carbocycles. The van der Waals surface area contributed by atoms with Gasteiger partial charge in [-0.25, -0.2) is 0 Å². The van der Waals surface area contributed by atoms with Crippen LogP contribution in [0.1, 0.15) is 45.4 Å². The van der Waals surface area contributed by atoms with Crippen molar-refractivity contribution in [1.82, 2.24) is 0 Å². The summed E-state index contributed by atoms with van der Waals surface area (Å²) in [5.41, 5.74) is 0. The summed E-state index contributed by atoms with van der Waals surface area (Å²) in [6, 6.07) is 10.7. The van der Waals surface area contributed by atoms with E-state index in [1.807, 2.05) is 24.3 Å². The Hall–Kier alpha value is 0.123. The van der Waals surface area contributed by atoms with Crippen molar-refractivity contribution in [3.8, 4) is 5.75 Å². The fraction of sp³-hybridized carbons (Fsp3) is 0.571. The van der Waals surface area contributed by atoms with E-state index in [0.717, 1.165) is 12.4 Å². The zero-order valence-corrected chi connectivity index (χ0v) is 15.3. The summed E-state index contributed by atoms with van der Waals surface area (Å²) < 4.78 is 5.59. The summed E-state index contributed by atoms with van der Waals surface area (Å²) in [6.45, 7) is 3.09. The van der Waals surface area contributed by atoms with Gasteiger partial charge in [-0.2, -0.15) is 18.2 Å². The quantitative estimate of drug-likeness (QED) is 0.361. The van der Waals surface area contributed by atoms with E-state index in [9.17, 15) is 0 Å². The Labute approximate surface area is 122 Å². The van der Waals surface area contributed by atoms with E-state index >= 15 is 0 Å². The van der Waals surface area contributed by atoms with Gasteiger partial charge < -0.3 is 4.74 Å². The predicted molar refractivity (Wildman–Crippen MR) is 73.1 cm³/mol. The number of halogens is 1. The number of unbranched alkanes of at least 4 members (excludes halogenated alkanes) is 5. The Bertz CT molecular complexity index is 241. The van der Waals surface area contributed by atoms with Crippen LogP contribution in [-0.4, -0.2) is 6.61 Å². The Balaban J connectivity index is 0.00000121. The Kier molecular flexibility index (Phi) is 14.3. The second-order valence-corrected chi connectivity index (χ2v) is 3.85. The van der Waals surface area contributed by atoms with Gasteiger partial charge in [0, 0.05) is 5.75 Å². The Morgan fingerprint density at radius 1 is 1.06 bits per heavy atom. The monoisotopic (exact) mass is 348 g/mol. The van der Waals surface area contributed by atoms with Gasteiger partial charge in [0.15, 0.2) is 0 Å². The van der Waals surface area contributed by atoms with E-state index in [2.05, 4.69) is 26.6 Å². The summed E-state index contributed by atoms with van der Waals surface area (Å²) >= 11 is 4.25. The van der Waals surface area contributed by atoms with Crippen LogP contribution in [0.25, 0.3) is 0 Å². The third kappa shape index (κ3) is 11.0. The molecule has 1 aromatic rings. The van der Waals surface area contributed by atoms with E-state index in [1.54, 1.807) is 0 Å². The van der Waals surface area contributed by atoms with Crippen LogP contribution >= 0.6 is 13.6 Å². The molecule has 0 radical (unpaired) electrons. The second kappa shape index (κ2) is 14.2. The molecule has 1 nitrogen and oxygen atoms in total. The van der Waals surface area contributed by atoms with Crippen molar-refractivity contribution in [2.75, 3.05) is 6.61 Å². The summed E-state index contributed by atoms with van der Waals surface area (Å²) in [5.74, 6) is 0.960. The molecule has 0 fully saturated rings. The minimum atomic E-state index is 0.843. The molecule has 0 spiro atoms. The van der Waals surface area contributed by atoms with Crippen LogP contribution in [-0.2, 0) is 16.3 Å². The molecule has 0 bridgehead atoms. The van der Waals surface area contributed by atoms with E-state index in [4.69, 9.17) is 4.74 Å². The standard InChI is InChI=1S/C14H21O.BrH.Zn/c1-2-3-4-5-6-10-13-15-14-11-8-7-9-12-14;;/h8-9,11-12H,2-6,10,13H2,1H3;1H;/q-1;;+2/p-1. The van der Waals surface area contributed by atoms with E-state index in [1.165, 1.54) is 54.9 Å². The zero-order chi connectivity index (χ0) is 12.8. The van der Waals surface area contributed by atoms with Gasteiger partial charge in [0.25, 0.3) is 0 Å². The molecule has 0 aromatic heterocycles. The van der Waals surface area contributed by atoms with Crippen LogP contribution in [0, 0.1) is 6.07 Å². The first-order valence-electron chi connectivity index (χ1n) is 6.29. The van der Waals surface area contributed by atoms with Crippen molar-refractivity contribution in [2.24, 2.45) is 0 Å². The molecule has 0 amide bonds. The van der Waals surface area contributed by atoms with Crippen LogP contribution in [0.2, 0.25) is 0 Å². The molecule has 0 N–H and O–H groups in total. The molecule has 92 valence electrons. The topological polar surface area (TPSA) is 9.23 Å². The molecule has 0 aliphatic heterocycles. The number of ether oxygens (including phenoxy) is 1. The third-order valence-electron chi connectivity index (χ3n) is 2.45. The molecule has 1 aromatic carbocycles. The average molecular weight is 351 g/mol. The van der Waals surface area contributed by atoms with Crippen molar-refractivity contribution in [1.29, 1.82) is 0 Å². The summed E-state index contributed by atoms with van der Waals surface area (Å²) in [6.07, 6.45) is 7.87. The fourth-order valence-electron chi connectivity index (χ4n) is 1.54. The molecule has 0 unspecified atom stereocenters. The molecule has 0 atom stereocenters. The van der Waals surface area contributed by atoms with Gasteiger partial charge in [-0.05, 0) is 6.42 Å². The van der Waals surface area contributed by atoms with Crippen molar-refractivity contribution in [3.05, 3.63) is 30.3 Å². The summed E-state index contributed by atoms with van der Waals surface area (Å²) in [5, 5.41) is 0. The maximum atomic E-state index is 5.59. The Morgan fingerprint density at radius 3 is 2.29 bits per heavy atom. The van der Waals surface area contributed by atoms with E-state index < -0.39 is 0 Å². The molecule has 17 heavy (non-hydrogen) atoms. The molecular weight excluding hydrogens is 329 g/mol. The molecule has 0 saturated carbocycles. The maximum absolute atomic E-state index is 5.59. The SMILES string of the molecule is CCCCCCCCOc1cc[c-]cc1.[Zn+][Br]. The first-order chi connectivity index (χ1) is 8.43. The fourth-order valence-corrected chi connectivity index (χ4v) is 1.54. The number of hydrogen-bond donors (Lipinski definition) is 0. The zero-order valence-electron chi connectivity index (χ0n) is 10.8. The molecule has 0 aliphatic rings. The van der Waals surface area contributed by atoms with Crippen LogP contribution in [0.5, 0.6) is 5.75 Å². The predicted octanol–water partition coefficient (Wildman–Crippen LogP) is 5.07. The molecular formula is C14H21BrOZn. The number of benzene rings is 1. The molecule has 0 saturated heterocycles. The van der Waals surface area contributed by atoms with Crippen LogP contribution < -0.4 is 4.74 Å². The van der Waals surface area contributed by atoms with Crippen molar-refractivity contribution < 1.29 is 21.1 Å². The van der Waals surface area contributed by atoms with E-state index in [-0.39, 0.29) is 0 Å². The normalized spacial score (nSPS) is 9.41.